The molecular weight excluding hydrogens is 312 g/mol. The first kappa shape index (κ1) is 19.2. The van der Waals surface area contributed by atoms with Gasteiger partial charge >= 0.3 is 0 Å². The van der Waals surface area contributed by atoms with Crippen molar-refractivity contribution in [3.05, 3.63) is 53.9 Å². The lowest BCUT2D eigenvalue weighted by Gasteiger charge is -2.26. The number of likely N-dealkylation sites (N-methyl/N-ethyl adjacent to an activating group) is 1. The smallest absolute Gasteiger partial charge is 0.241 e. The van der Waals surface area contributed by atoms with Gasteiger partial charge in [-0.05, 0) is 12.6 Å². The standard InChI is InChI=1S/C17H24N4O.ClH/c1-17(2,14-8-6-5-7-9-14)12-19-16(22)15(18-3)13-10-20-21(4)11-13;/h5-11,15,18H,12H2,1-4H3,(H,19,22);1H. The van der Waals surface area contributed by atoms with Crippen LogP contribution in [0.25, 0.3) is 0 Å². The summed E-state index contributed by atoms with van der Waals surface area (Å²) in [5.41, 5.74) is 1.95. The van der Waals surface area contributed by atoms with Gasteiger partial charge in [0.2, 0.25) is 5.91 Å². The van der Waals surface area contributed by atoms with Crippen LogP contribution in [-0.2, 0) is 17.3 Å². The van der Waals surface area contributed by atoms with Gasteiger partial charge in [0.25, 0.3) is 0 Å². The molecule has 1 heterocycles. The van der Waals surface area contributed by atoms with E-state index in [0.717, 1.165) is 5.56 Å². The van der Waals surface area contributed by atoms with E-state index >= 15 is 0 Å². The fraction of sp³-hybridized carbons (Fsp3) is 0.412. The van der Waals surface area contributed by atoms with Gasteiger partial charge < -0.3 is 10.6 Å². The van der Waals surface area contributed by atoms with E-state index in [0.29, 0.717) is 6.54 Å². The maximum Gasteiger partial charge on any atom is 0.241 e. The van der Waals surface area contributed by atoms with Gasteiger partial charge in [-0.25, -0.2) is 0 Å². The van der Waals surface area contributed by atoms with E-state index in [9.17, 15) is 4.79 Å². The lowest BCUT2D eigenvalue weighted by atomic mass is 9.84. The van der Waals surface area contributed by atoms with E-state index in [1.54, 1.807) is 17.9 Å². The molecule has 0 saturated heterocycles. The molecule has 5 nitrogen and oxygen atoms in total. The predicted octanol–water partition coefficient (Wildman–Crippen LogP) is 2.20. The molecule has 1 unspecified atom stereocenters. The minimum atomic E-state index is -0.389. The molecule has 0 saturated carbocycles. The van der Waals surface area contributed by atoms with Crippen molar-refractivity contribution in [2.24, 2.45) is 7.05 Å². The molecule has 0 aliphatic rings. The van der Waals surface area contributed by atoms with Gasteiger partial charge in [-0.15, -0.1) is 12.4 Å². The normalized spacial score (nSPS) is 12.3. The van der Waals surface area contributed by atoms with E-state index in [4.69, 9.17) is 0 Å². The quantitative estimate of drug-likeness (QED) is 0.850. The highest BCUT2D eigenvalue weighted by Gasteiger charge is 2.25. The van der Waals surface area contributed by atoms with Gasteiger partial charge in [-0.3, -0.25) is 9.48 Å². The third-order valence-corrected chi connectivity index (χ3v) is 3.87. The van der Waals surface area contributed by atoms with Crippen LogP contribution in [0.1, 0.15) is 31.0 Å². The summed E-state index contributed by atoms with van der Waals surface area (Å²) in [5.74, 6) is -0.0421. The molecule has 0 bridgehead atoms. The molecule has 1 amide bonds. The molecule has 1 atom stereocenters. The highest BCUT2D eigenvalue weighted by atomic mass is 35.5. The fourth-order valence-corrected chi connectivity index (χ4v) is 2.44. The van der Waals surface area contributed by atoms with Crippen molar-refractivity contribution >= 4 is 18.3 Å². The monoisotopic (exact) mass is 336 g/mol. The Morgan fingerprint density at radius 1 is 1.30 bits per heavy atom. The van der Waals surface area contributed by atoms with Gasteiger partial charge in [-0.1, -0.05) is 44.2 Å². The van der Waals surface area contributed by atoms with Crippen LogP contribution in [0.3, 0.4) is 0 Å². The van der Waals surface area contributed by atoms with Crippen LogP contribution >= 0.6 is 12.4 Å². The molecule has 2 rings (SSSR count). The molecule has 2 N–H and O–H groups in total. The number of hydrogen-bond acceptors (Lipinski definition) is 3. The molecule has 0 fully saturated rings. The Balaban J connectivity index is 0.00000264. The number of benzene rings is 1. The van der Waals surface area contributed by atoms with Crippen LogP contribution in [0.2, 0.25) is 0 Å². The number of halogens is 1. The second-order valence-electron chi connectivity index (χ2n) is 6.14. The van der Waals surface area contributed by atoms with Crippen molar-refractivity contribution in [3.8, 4) is 0 Å². The largest absolute Gasteiger partial charge is 0.354 e. The third-order valence-electron chi connectivity index (χ3n) is 3.87. The molecule has 6 heteroatoms. The van der Waals surface area contributed by atoms with Crippen LogP contribution in [0, 0.1) is 0 Å². The summed E-state index contributed by atoms with van der Waals surface area (Å²) in [6.45, 7) is 4.83. The maximum atomic E-state index is 12.5. The molecule has 0 radical (unpaired) electrons. The SMILES string of the molecule is CNC(C(=O)NCC(C)(C)c1ccccc1)c1cnn(C)c1.Cl. The lowest BCUT2D eigenvalue weighted by Crippen LogP contribution is -2.42. The Morgan fingerprint density at radius 2 is 1.96 bits per heavy atom. The molecule has 1 aromatic carbocycles. The zero-order valence-corrected chi connectivity index (χ0v) is 14.9. The van der Waals surface area contributed by atoms with Crippen molar-refractivity contribution in [2.75, 3.05) is 13.6 Å². The summed E-state index contributed by atoms with van der Waals surface area (Å²) in [7, 11) is 3.62. The van der Waals surface area contributed by atoms with E-state index < -0.39 is 0 Å². The van der Waals surface area contributed by atoms with Crippen molar-refractivity contribution in [1.29, 1.82) is 0 Å². The number of rotatable bonds is 6. The van der Waals surface area contributed by atoms with Crippen LogP contribution in [-0.4, -0.2) is 29.3 Å². The average molecular weight is 337 g/mol. The van der Waals surface area contributed by atoms with E-state index in [-0.39, 0.29) is 29.8 Å². The van der Waals surface area contributed by atoms with Gasteiger partial charge in [-0.2, -0.15) is 5.10 Å². The number of nitrogens with zero attached hydrogens (tertiary/aromatic N) is 2. The second-order valence-corrected chi connectivity index (χ2v) is 6.14. The molecule has 0 spiro atoms. The van der Waals surface area contributed by atoms with Crippen LogP contribution < -0.4 is 10.6 Å². The Morgan fingerprint density at radius 3 is 2.48 bits per heavy atom. The minimum absolute atomic E-state index is 0. The Kier molecular flexibility index (Phi) is 6.79. The summed E-state index contributed by atoms with van der Waals surface area (Å²) in [6.07, 6.45) is 3.56. The van der Waals surface area contributed by atoms with Crippen molar-refractivity contribution in [3.63, 3.8) is 0 Å². The van der Waals surface area contributed by atoms with E-state index in [1.807, 2.05) is 31.4 Å². The molecular formula is C17H25ClN4O. The zero-order valence-electron chi connectivity index (χ0n) is 14.0. The van der Waals surface area contributed by atoms with Crippen LogP contribution in [0.15, 0.2) is 42.7 Å². The minimum Gasteiger partial charge on any atom is -0.354 e. The molecule has 0 aliphatic heterocycles. The molecule has 23 heavy (non-hydrogen) atoms. The summed E-state index contributed by atoms with van der Waals surface area (Å²) in [6, 6.07) is 9.82. The molecule has 2 aromatic rings. The first-order chi connectivity index (χ1) is 10.4. The van der Waals surface area contributed by atoms with Crippen molar-refractivity contribution < 1.29 is 4.79 Å². The summed E-state index contributed by atoms with van der Waals surface area (Å²) < 4.78 is 1.70. The van der Waals surface area contributed by atoms with Crippen LogP contribution in [0.5, 0.6) is 0 Å². The molecule has 0 aliphatic carbocycles. The number of carbonyl (C=O) groups excluding carboxylic acids is 1. The summed E-state index contributed by atoms with van der Waals surface area (Å²) in [5, 5.41) is 10.2. The van der Waals surface area contributed by atoms with Crippen LogP contribution in [0.4, 0.5) is 0 Å². The third kappa shape index (κ3) is 4.81. The zero-order chi connectivity index (χ0) is 16.2. The van der Waals surface area contributed by atoms with Gasteiger partial charge in [0.15, 0.2) is 0 Å². The second kappa shape index (κ2) is 8.13. The van der Waals surface area contributed by atoms with Crippen molar-refractivity contribution in [1.82, 2.24) is 20.4 Å². The highest BCUT2D eigenvalue weighted by Crippen LogP contribution is 2.22. The number of nitrogens with one attached hydrogen (secondary N) is 2. The number of aromatic nitrogens is 2. The van der Waals surface area contributed by atoms with E-state index in [2.05, 4.69) is 41.7 Å². The van der Waals surface area contributed by atoms with Gasteiger partial charge in [0.05, 0.1) is 6.20 Å². The van der Waals surface area contributed by atoms with E-state index in [1.165, 1.54) is 5.56 Å². The highest BCUT2D eigenvalue weighted by molar-refractivity contribution is 5.85. The Labute approximate surface area is 143 Å². The van der Waals surface area contributed by atoms with Gasteiger partial charge in [0, 0.05) is 30.8 Å². The fourth-order valence-electron chi connectivity index (χ4n) is 2.44. The molecule has 1 aromatic heterocycles. The summed E-state index contributed by atoms with van der Waals surface area (Å²) >= 11 is 0. The molecule has 126 valence electrons. The topological polar surface area (TPSA) is 59.0 Å². The number of aryl methyl sites for hydroxylation is 1. The first-order valence-electron chi connectivity index (χ1n) is 7.43. The number of hydrogen-bond donors (Lipinski definition) is 2. The first-order valence-corrected chi connectivity index (χ1v) is 7.43. The Bertz CT molecular complexity index is 625. The lowest BCUT2D eigenvalue weighted by molar-refractivity contribution is -0.123. The number of amides is 1. The number of carbonyl (C=O) groups is 1. The predicted molar refractivity (Wildman–Crippen MR) is 94.7 cm³/mol. The van der Waals surface area contributed by atoms with Crippen molar-refractivity contribution in [2.45, 2.75) is 25.3 Å². The Hall–Kier alpha value is -1.85. The average Bonchev–Trinajstić information content (AvgIpc) is 2.93. The van der Waals surface area contributed by atoms with Gasteiger partial charge in [0.1, 0.15) is 6.04 Å². The maximum absolute atomic E-state index is 12.5. The summed E-state index contributed by atoms with van der Waals surface area (Å²) in [4.78, 5) is 12.5.